The molecule has 1 aliphatic rings. The van der Waals surface area contributed by atoms with Gasteiger partial charge in [0.25, 0.3) is 5.91 Å². The first-order valence-corrected chi connectivity index (χ1v) is 15.3. The third-order valence-corrected chi connectivity index (χ3v) is 9.12. The summed E-state index contributed by atoms with van der Waals surface area (Å²) in [4.78, 5) is 21.9. The van der Waals surface area contributed by atoms with Crippen molar-refractivity contribution in [1.29, 1.82) is 0 Å². The Kier molecular flexibility index (Phi) is 8.04. The number of halogens is 3. The standard InChI is InChI=1S/C27H21Cl3N6O2S2/c28-17-3-1-4-19(13-17)34-8-10-35(11-9-34)26(37)21-15-39-24(31-21)16-40-27-33-32-25(23-5-2-12-38-23)36(27)22-14-18(29)6-7-20(22)30/h1-7,12-15H,8-11,16H2. The van der Waals surface area contributed by atoms with Crippen molar-refractivity contribution in [2.75, 3.05) is 31.1 Å². The lowest BCUT2D eigenvalue weighted by atomic mass is 10.2. The Hall–Kier alpha value is -3.02. The topological polar surface area (TPSA) is 80.3 Å². The van der Waals surface area contributed by atoms with Gasteiger partial charge in [0.2, 0.25) is 5.82 Å². The molecular weight excluding hydrogens is 611 g/mol. The lowest BCUT2D eigenvalue weighted by molar-refractivity contribution is 0.0741. The molecular formula is C27H21Cl3N6O2S2. The van der Waals surface area contributed by atoms with Gasteiger partial charge < -0.3 is 14.2 Å². The predicted octanol–water partition coefficient (Wildman–Crippen LogP) is 7.20. The Morgan fingerprint density at radius 2 is 1.80 bits per heavy atom. The van der Waals surface area contributed by atoms with Crippen LogP contribution in [0, 0.1) is 0 Å². The summed E-state index contributed by atoms with van der Waals surface area (Å²) >= 11 is 21.8. The minimum atomic E-state index is -0.0628. The predicted molar refractivity (Wildman–Crippen MR) is 160 cm³/mol. The van der Waals surface area contributed by atoms with Gasteiger partial charge in [-0.3, -0.25) is 9.36 Å². The number of rotatable bonds is 7. The van der Waals surface area contributed by atoms with Crippen LogP contribution >= 0.6 is 57.9 Å². The second-order valence-electron chi connectivity index (χ2n) is 8.89. The lowest BCUT2D eigenvalue weighted by Crippen LogP contribution is -2.48. The van der Waals surface area contributed by atoms with Crippen molar-refractivity contribution < 1.29 is 9.21 Å². The molecule has 8 nitrogen and oxygen atoms in total. The molecule has 2 aromatic carbocycles. The Bertz CT molecular complexity index is 1650. The number of nitrogens with zero attached hydrogens (tertiary/aromatic N) is 6. The average molecular weight is 632 g/mol. The number of piperazine rings is 1. The molecule has 204 valence electrons. The van der Waals surface area contributed by atoms with Gasteiger partial charge in [0.15, 0.2) is 10.9 Å². The lowest BCUT2D eigenvalue weighted by Gasteiger charge is -2.35. The number of carbonyl (C=O) groups is 1. The highest BCUT2D eigenvalue weighted by atomic mass is 35.5. The Balaban J connectivity index is 1.15. The van der Waals surface area contributed by atoms with Gasteiger partial charge in [-0.15, -0.1) is 21.5 Å². The van der Waals surface area contributed by atoms with Crippen LogP contribution in [-0.4, -0.2) is 56.7 Å². The summed E-state index contributed by atoms with van der Waals surface area (Å²) in [6.07, 6.45) is 1.58. The zero-order valence-corrected chi connectivity index (χ0v) is 24.7. The van der Waals surface area contributed by atoms with Crippen molar-refractivity contribution in [3.8, 4) is 17.3 Å². The highest BCUT2D eigenvalue weighted by Gasteiger charge is 2.25. The van der Waals surface area contributed by atoms with Crippen molar-refractivity contribution in [1.82, 2.24) is 24.6 Å². The molecule has 0 spiro atoms. The summed E-state index contributed by atoms with van der Waals surface area (Å²) in [5, 5.41) is 13.7. The zero-order chi connectivity index (χ0) is 27.6. The maximum atomic E-state index is 13.2. The van der Waals surface area contributed by atoms with Crippen LogP contribution in [0.4, 0.5) is 5.69 Å². The third kappa shape index (κ3) is 5.73. The molecule has 40 heavy (non-hydrogen) atoms. The molecule has 1 saturated heterocycles. The first-order chi connectivity index (χ1) is 19.5. The minimum absolute atomic E-state index is 0.0628. The van der Waals surface area contributed by atoms with E-state index in [0.29, 0.717) is 62.0 Å². The Labute approximate surface area is 253 Å². The fourth-order valence-electron chi connectivity index (χ4n) is 4.41. The number of anilines is 1. The number of furan rings is 1. The molecule has 0 aliphatic carbocycles. The molecule has 13 heteroatoms. The summed E-state index contributed by atoms with van der Waals surface area (Å²) in [5.74, 6) is 1.48. The van der Waals surface area contributed by atoms with E-state index < -0.39 is 0 Å². The largest absolute Gasteiger partial charge is 0.461 e. The van der Waals surface area contributed by atoms with Crippen LogP contribution in [0.1, 0.15) is 15.5 Å². The zero-order valence-electron chi connectivity index (χ0n) is 20.8. The van der Waals surface area contributed by atoms with Gasteiger partial charge in [-0.2, -0.15) is 0 Å². The molecule has 0 N–H and O–H groups in total. The van der Waals surface area contributed by atoms with Crippen LogP contribution in [-0.2, 0) is 5.75 Å². The van der Waals surface area contributed by atoms with Gasteiger partial charge in [-0.1, -0.05) is 52.6 Å². The summed E-state index contributed by atoms with van der Waals surface area (Å²) in [5.41, 5.74) is 2.15. The molecule has 0 saturated carbocycles. The second kappa shape index (κ2) is 11.8. The van der Waals surface area contributed by atoms with Gasteiger partial charge in [0.05, 0.1) is 22.7 Å². The molecule has 0 unspecified atom stereocenters. The smallest absolute Gasteiger partial charge is 0.273 e. The molecule has 5 aromatic rings. The van der Waals surface area contributed by atoms with E-state index in [2.05, 4.69) is 20.1 Å². The highest BCUT2D eigenvalue weighted by molar-refractivity contribution is 7.98. The third-order valence-electron chi connectivity index (χ3n) is 6.36. The molecule has 0 radical (unpaired) electrons. The monoisotopic (exact) mass is 630 g/mol. The van der Waals surface area contributed by atoms with E-state index in [-0.39, 0.29) is 5.91 Å². The van der Waals surface area contributed by atoms with Crippen LogP contribution in [0.15, 0.2) is 75.8 Å². The van der Waals surface area contributed by atoms with Gasteiger partial charge in [-0.05, 0) is 48.5 Å². The van der Waals surface area contributed by atoms with E-state index >= 15 is 0 Å². The van der Waals surface area contributed by atoms with Crippen molar-refractivity contribution in [3.05, 3.63) is 92.0 Å². The maximum absolute atomic E-state index is 13.2. The number of thiazole rings is 1. The maximum Gasteiger partial charge on any atom is 0.273 e. The van der Waals surface area contributed by atoms with E-state index in [1.165, 1.54) is 23.1 Å². The molecule has 1 amide bonds. The Morgan fingerprint density at radius 3 is 2.58 bits per heavy atom. The normalized spacial score (nSPS) is 13.7. The SMILES string of the molecule is O=C(c1csc(CSc2nnc(-c3ccco3)n2-c2cc(Cl)ccc2Cl)n1)N1CCN(c2cccc(Cl)c2)CC1. The van der Waals surface area contributed by atoms with E-state index in [9.17, 15) is 4.79 Å². The summed E-state index contributed by atoms with van der Waals surface area (Å²) in [6.45, 7) is 2.70. The van der Waals surface area contributed by atoms with E-state index in [0.717, 1.165) is 23.8 Å². The molecule has 0 atom stereocenters. The number of hydrogen-bond donors (Lipinski definition) is 0. The molecule has 6 rings (SSSR count). The van der Waals surface area contributed by atoms with Crippen molar-refractivity contribution in [2.45, 2.75) is 10.9 Å². The highest BCUT2D eigenvalue weighted by Crippen LogP contribution is 2.34. The fraction of sp³-hybridized carbons (Fsp3) is 0.185. The van der Waals surface area contributed by atoms with Crippen molar-refractivity contribution >= 4 is 69.5 Å². The number of thioether (sulfide) groups is 1. The first kappa shape index (κ1) is 27.2. The minimum Gasteiger partial charge on any atom is -0.461 e. The molecule has 1 aliphatic heterocycles. The number of aromatic nitrogens is 4. The summed E-state index contributed by atoms with van der Waals surface area (Å²) in [6, 6.07) is 16.6. The number of benzene rings is 2. The van der Waals surface area contributed by atoms with Crippen LogP contribution in [0.2, 0.25) is 15.1 Å². The molecule has 0 bridgehead atoms. The van der Waals surface area contributed by atoms with E-state index in [1.54, 1.807) is 36.6 Å². The van der Waals surface area contributed by atoms with Gasteiger partial charge in [0.1, 0.15) is 10.7 Å². The number of hydrogen-bond acceptors (Lipinski definition) is 8. The van der Waals surface area contributed by atoms with Gasteiger partial charge in [0, 0.05) is 47.3 Å². The van der Waals surface area contributed by atoms with Crippen molar-refractivity contribution in [3.63, 3.8) is 0 Å². The van der Waals surface area contributed by atoms with Gasteiger partial charge in [-0.25, -0.2) is 4.98 Å². The van der Waals surface area contributed by atoms with Crippen LogP contribution in [0.25, 0.3) is 17.3 Å². The number of amides is 1. The van der Waals surface area contributed by atoms with E-state index in [1.807, 2.05) is 39.1 Å². The molecule has 3 aromatic heterocycles. The molecule has 1 fully saturated rings. The Morgan fingerprint density at radius 1 is 0.975 bits per heavy atom. The van der Waals surface area contributed by atoms with Crippen LogP contribution in [0.5, 0.6) is 0 Å². The number of carbonyl (C=O) groups excluding carboxylic acids is 1. The van der Waals surface area contributed by atoms with Crippen LogP contribution < -0.4 is 4.90 Å². The molecule has 4 heterocycles. The quantitative estimate of drug-likeness (QED) is 0.176. The first-order valence-electron chi connectivity index (χ1n) is 12.3. The van der Waals surface area contributed by atoms with Crippen LogP contribution in [0.3, 0.4) is 0 Å². The van der Waals surface area contributed by atoms with Crippen molar-refractivity contribution in [2.24, 2.45) is 0 Å². The average Bonchev–Trinajstić information content (AvgIpc) is 3.74. The second-order valence-corrected chi connectivity index (χ2v) is 12.1. The fourth-order valence-corrected chi connectivity index (χ4v) is 6.69. The summed E-state index contributed by atoms with van der Waals surface area (Å²) < 4.78 is 7.40. The van der Waals surface area contributed by atoms with Gasteiger partial charge >= 0.3 is 0 Å². The van der Waals surface area contributed by atoms with E-state index in [4.69, 9.17) is 39.2 Å². The summed E-state index contributed by atoms with van der Waals surface area (Å²) in [7, 11) is 0.